The first-order chi connectivity index (χ1) is 8.96. The first-order valence-corrected chi connectivity index (χ1v) is 6.94. The molecule has 1 aliphatic heterocycles. The van der Waals surface area contributed by atoms with Crippen molar-refractivity contribution in [3.05, 3.63) is 0 Å². The molecule has 1 saturated heterocycles. The Balaban J connectivity index is 2.40. The van der Waals surface area contributed by atoms with Crippen LogP contribution >= 0.6 is 0 Å². The molecule has 20 heavy (non-hydrogen) atoms. The van der Waals surface area contributed by atoms with Gasteiger partial charge in [0.1, 0.15) is 11.2 Å². The molecule has 2 amide bonds. The van der Waals surface area contributed by atoms with Gasteiger partial charge in [-0.3, -0.25) is 0 Å². The van der Waals surface area contributed by atoms with E-state index in [2.05, 4.69) is 5.32 Å². The number of amides is 2. The van der Waals surface area contributed by atoms with Crippen molar-refractivity contribution in [2.45, 2.75) is 65.2 Å². The van der Waals surface area contributed by atoms with E-state index in [1.807, 2.05) is 41.5 Å². The SMILES string of the molecule is CC(C)(C)OC(=O)N[C@H]1CCN(C(=O)OC(C)(C)C)C1. The summed E-state index contributed by atoms with van der Waals surface area (Å²) in [6.45, 7) is 12.0. The lowest BCUT2D eigenvalue weighted by Gasteiger charge is -2.25. The molecular weight excluding hydrogens is 260 g/mol. The Morgan fingerprint density at radius 3 is 2.10 bits per heavy atom. The molecule has 0 unspecified atom stereocenters. The second kappa shape index (κ2) is 5.89. The molecule has 0 bridgehead atoms. The molecule has 0 aromatic rings. The maximum Gasteiger partial charge on any atom is 0.410 e. The van der Waals surface area contributed by atoms with E-state index in [-0.39, 0.29) is 12.1 Å². The van der Waals surface area contributed by atoms with Crippen LogP contribution in [0.3, 0.4) is 0 Å². The number of carbonyl (C=O) groups excluding carboxylic acids is 2. The molecule has 6 nitrogen and oxygen atoms in total. The van der Waals surface area contributed by atoms with Gasteiger partial charge in [0.2, 0.25) is 0 Å². The third-order valence-electron chi connectivity index (χ3n) is 2.56. The third kappa shape index (κ3) is 6.12. The quantitative estimate of drug-likeness (QED) is 0.804. The number of carbonyl (C=O) groups is 2. The first-order valence-electron chi connectivity index (χ1n) is 6.94. The summed E-state index contributed by atoms with van der Waals surface area (Å²) in [4.78, 5) is 25.1. The maximum absolute atomic E-state index is 11.9. The van der Waals surface area contributed by atoms with E-state index in [0.29, 0.717) is 19.5 Å². The van der Waals surface area contributed by atoms with E-state index in [1.165, 1.54) is 0 Å². The molecule has 0 aliphatic carbocycles. The molecule has 0 aromatic heterocycles. The fourth-order valence-electron chi connectivity index (χ4n) is 1.84. The number of rotatable bonds is 1. The average Bonchev–Trinajstić information content (AvgIpc) is 2.59. The van der Waals surface area contributed by atoms with Crippen LogP contribution in [0.1, 0.15) is 48.0 Å². The van der Waals surface area contributed by atoms with Crippen LogP contribution in [0.15, 0.2) is 0 Å². The van der Waals surface area contributed by atoms with E-state index < -0.39 is 17.3 Å². The number of alkyl carbamates (subject to hydrolysis) is 1. The number of ether oxygens (including phenoxy) is 2. The maximum atomic E-state index is 11.9. The van der Waals surface area contributed by atoms with Gasteiger partial charge in [-0.25, -0.2) is 9.59 Å². The molecule has 0 spiro atoms. The molecule has 116 valence electrons. The summed E-state index contributed by atoms with van der Waals surface area (Å²) < 4.78 is 10.5. The largest absolute Gasteiger partial charge is 0.444 e. The topological polar surface area (TPSA) is 67.9 Å². The zero-order valence-corrected chi connectivity index (χ0v) is 13.3. The second-order valence-electron chi connectivity index (χ2n) is 7.06. The molecule has 1 atom stereocenters. The van der Waals surface area contributed by atoms with Crippen molar-refractivity contribution in [3.8, 4) is 0 Å². The third-order valence-corrected chi connectivity index (χ3v) is 2.56. The Hall–Kier alpha value is -1.46. The number of nitrogens with zero attached hydrogens (tertiary/aromatic N) is 1. The molecule has 1 rings (SSSR count). The van der Waals surface area contributed by atoms with Gasteiger partial charge in [-0.2, -0.15) is 0 Å². The van der Waals surface area contributed by atoms with Crippen molar-refractivity contribution >= 4 is 12.2 Å². The zero-order chi connectivity index (χ0) is 15.6. The number of hydrogen-bond donors (Lipinski definition) is 1. The summed E-state index contributed by atoms with van der Waals surface area (Å²) in [5.41, 5.74) is -1.03. The van der Waals surface area contributed by atoms with Crippen molar-refractivity contribution in [1.29, 1.82) is 0 Å². The fourth-order valence-corrected chi connectivity index (χ4v) is 1.84. The molecule has 0 saturated carbocycles. The van der Waals surface area contributed by atoms with Gasteiger partial charge in [0.15, 0.2) is 0 Å². The van der Waals surface area contributed by atoms with Crippen LogP contribution in [0.2, 0.25) is 0 Å². The van der Waals surface area contributed by atoms with E-state index in [1.54, 1.807) is 4.90 Å². The van der Waals surface area contributed by atoms with Crippen LogP contribution in [-0.2, 0) is 9.47 Å². The Bertz CT molecular complexity index is 368. The molecule has 1 heterocycles. The molecule has 0 radical (unpaired) electrons. The second-order valence-corrected chi connectivity index (χ2v) is 7.06. The highest BCUT2D eigenvalue weighted by Crippen LogP contribution is 2.16. The van der Waals surface area contributed by atoms with Crippen molar-refractivity contribution in [1.82, 2.24) is 10.2 Å². The van der Waals surface area contributed by atoms with Gasteiger partial charge in [0.25, 0.3) is 0 Å². The number of nitrogens with one attached hydrogen (secondary N) is 1. The highest BCUT2D eigenvalue weighted by atomic mass is 16.6. The monoisotopic (exact) mass is 286 g/mol. The standard InChI is InChI=1S/C14H26N2O4/c1-13(2,3)19-11(17)15-10-7-8-16(9-10)12(18)20-14(4,5)6/h10H,7-9H2,1-6H3,(H,15,17)/t10-/m0/s1. The van der Waals surface area contributed by atoms with E-state index in [0.717, 1.165) is 0 Å². The van der Waals surface area contributed by atoms with Crippen molar-refractivity contribution in [3.63, 3.8) is 0 Å². The summed E-state index contributed by atoms with van der Waals surface area (Å²) in [5, 5.41) is 2.77. The van der Waals surface area contributed by atoms with Gasteiger partial charge < -0.3 is 19.7 Å². The van der Waals surface area contributed by atoms with Crippen LogP contribution in [0.5, 0.6) is 0 Å². The van der Waals surface area contributed by atoms with Crippen LogP contribution in [0.4, 0.5) is 9.59 Å². The normalized spacial score (nSPS) is 19.7. The van der Waals surface area contributed by atoms with Gasteiger partial charge >= 0.3 is 12.2 Å². The fraction of sp³-hybridized carbons (Fsp3) is 0.857. The molecule has 6 heteroatoms. The lowest BCUT2D eigenvalue weighted by Crippen LogP contribution is -2.42. The minimum atomic E-state index is -0.520. The summed E-state index contributed by atoms with van der Waals surface area (Å²) in [5.74, 6) is 0. The smallest absolute Gasteiger partial charge is 0.410 e. The minimum Gasteiger partial charge on any atom is -0.444 e. The number of likely N-dealkylation sites (tertiary alicyclic amines) is 1. The first kappa shape index (κ1) is 16.6. The lowest BCUT2D eigenvalue weighted by atomic mass is 10.2. The van der Waals surface area contributed by atoms with Gasteiger partial charge in [0.05, 0.1) is 6.04 Å². The molecular formula is C14H26N2O4. The van der Waals surface area contributed by atoms with Crippen LogP contribution in [0.25, 0.3) is 0 Å². The Morgan fingerprint density at radius 1 is 1.05 bits per heavy atom. The zero-order valence-electron chi connectivity index (χ0n) is 13.3. The van der Waals surface area contributed by atoms with Gasteiger partial charge in [-0.05, 0) is 48.0 Å². The van der Waals surface area contributed by atoms with E-state index >= 15 is 0 Å². The highest BCUT2D eigenvalue weighted by molar-refractivity contribution is 5.70. The van der Waals surface area contributed by atoms with E-state index in [9.17, 15) is 9.59 Å². The molecule has 1 aliphatic rings. The number of hydrogen-bond acceptors (Lipinski definition) is 4. The summed E-state index contributed by atoms with van der Waals surface area (Å²) in [6, 6.07) is -0.0858. The summed E-state index contributed by atoms with van der Waals surface area (Å²) in [6.07, 6.45) is -0.0853. The van der Waals surface area contributed by atoms with E-state index in [4.69, 9.17) is 9.47 Å². The lowest BCUT2D eigenvalue weighted by molar-refractivity contribution is 0.0282. The van der Waals surface area contributed by atoms with Gasteiger partial charge in [-0.1, -0.05) is 0 Å². The predicted octanol–water partition coefficient (Wildman–Crippen LogP) is 2.52. The van der Waals surface area contributed by atoms with Crippen LogP contribution in [0, 0.1) is 0 Å². The van der Waals surface area contributed by atoms with Gasteiger partial charge in [0, 0.05) is 13.1 Å². The minimum absolute atomic E-state index is 0.0858. The Morgan fingerprint density at radius 2 is 1.60 bits per heavy atom. The average molecular weight is 286 g/mol. The van der Waals surface area contributed by atoms with Crippen molar-refractivity contribution in [2.24, 2.45) is 0 Å². The summed E-state index contributed by atoms with van der Waals surface area (Å²) >= 11 is 0. The highest BCUT2D eigenvalue weighted by Gasteiger charge is 2.31. The van der Waals surface area contributed by atoms with Crippen LogP contribution in [-0.4, -0.2) is 47.4 Å². The van der Waals surface area contributed by atoms with Gasteiger partial charge in [-0.15, -0.1) is 0 Å². The summed E-state index contributed by atoms with van der Waals surface area (Å²) in [7, 11) is 0. The van der Waals surface area contributed by atoms with Crippen molar-refractivity contribution < 1.29 is 19.1 Å². The Labute approximate surface area is 120 Å². The Kier molecular flexibility index (Phi) is 4.89. The molecule has 1 N–H and O–H groups in total. The van der Waals surface area contributed by atoms with Crippen molar-refractivity contribution in [2.75, 3.05) is 13.1 Å². The molecule has 0 aromatic carbocycles. The predicted molar refractivity (Wildman–Crippen MR) is 75.6 cm³/mol. The van der Waals surface area contributed by atoms with Crippen LogP contribution < -0.4 is 5.32 Å². The molecule has 1 fully saturated rings.